The second kappa shape index (κ2) is 7.86. The summed E-state index contributed by atoms with van der Waals surface area (Å²) in [6.07, 6.45) is 0.904. The number of rotatable bonds is 3. The second-order valence-electron chi connectivity index (χ2n) is 7.92. The summed E-state index contributed by atoms with van der Waals surface area (Å²) in [5.41, 5.74) is 2.44. The van der Waals surface area contributed by atoms with E-state index >= 15 is 0 Å². The molecule has 3 aliphatic rings. The molecule has 29 heavy (non-hydrogen) atoms. The van der Waals surface area contributed by atoms with Crippen molar-refractivity contribution in [2.75, 3.05) is 55.8 Å². The van der Waals surface area contributed by atoms with Gasteiger partial charge in [0.1, 0.15) is 0 Å². The van der Waals surface area contributed by atoms with Gasteiger partial charge in [0.15, 0.2) is 0 Å². The summed E-state index contributed by atoms with van der Waals surface area (Å²) in [4.78, 5) is 27.5. The fraction of sp³-hybridized carbons (Fsp3) is 0.550. The molecule has 1 aromatic heterocycles. The van der Waals surface area contributed by atoms with Gasteiger partial charge in [-0.15, -0.1) is 11.8 Å². The Morgan fingerprint density at radius 3 is 2.86 bits per heavy atom. The highest BCUT2D eigenvalue weighted by atomic mass is 32.2. The van der Waals surface area contributed by atoms with Crippen LogP contribution in [0.5, 0.6) is 0 Å². The van der Waals surface area contributed by atoms with Crippen LogP contribution in [0, 0.1) is 11.3 Å². The summed E-state index contributed by atoms with van der Waals surface area (Å²) in [6.45, 7) is 5.52. The largest absolute Gasteiger partial charge is 0.340 e. The van der Waals surface area contributed by atoms with Gasteiger partial charge in [-0.25, -0.2) is 4.98 Å². The molecule has 3 aliphatic heterocycles. The van der Waals surface area contributed by atoms with Crippen molar-refractivity contribution in [3.8, 4) is 6.07 Å². The van der Waals surface area contributed by atoms with Crippen molar-refractivity contribution in [3.05, 3.63) is 23.8 Å². The maximum Gasteiger partial charge on any atom is 0.240 e. The van der Waals surface area contributed by atoms with E-state index in [9.17, 15) is 4.79 Å². The molecule has 1 amide bonds. The van der Waals surface area contributed by atoms with E-state index in [1.165, 1.54) is 0 Å². The molecule has 9 heteroatoms. The molecule has 4 heterocycles. The minimum absolute atomic E-state index is 0.0265. The number of fused-ring (bicyclic) bond motifs is 1. The molecule has 0 spiro atoms. The number of nitrogens with zero attached hydrogens (tertiary/aromatic N) is 5. The van der Waals surface area contributed by atoms with Gasteiger partial charge in [-0.3, -0.25) is 9.69 Å². The van der Waals surface area contributed by atoms with E-state index in [-0.39, 0.29) is 11.9 Å². The smallest absolute Gasteiger partial charge is 0.240 e. The van der Waals surface area contributed by atoms with Crippen LogP contribution < -0.4 is 10.2 Å². The van der Waals surface area contributed by atoms with Gasteiger partial charge < -0.3 is 20.1 Å². The second-order valence-corrected chi connectivity index (χ2v) is 8.99. The van der Waals surface area contributed by atoms with E-state index in [4.69, 9.17) is 10.2 Å². The Labute approximate surface area is 174 Å². The molecule has 2 aromatic rings. The molecule has 0 aliphatic carbocycles. The fourth-order valence-electron chi connectivity index (χ4n) is 4.51. The summed E-state index contributed by atoms with van der Waals surface area (Å²) in [5.74, 6) is 3.05. The third-order valence-electron chi connectivity index (χ3n) is 6.20. The molecular formula is C20H25N7OS. The third-order valence-corrected chi connectivity index (χ3v) is 7.16. The lowest BCUT2D eigenvalue weighted by Gasteiger charge is -2.37. The Morgan fingerprint density at radius 1 is 1.24 bits per heavy atom. The lowest BCUT2D eigenvalue weighted by molar-refractivity contribution is -0.131. The number of piperazine rings is 1. The number of hydrogen-bond acceptors (Lipinski definition) is 7. The quantitative estimate of drug-likeness (QED) is 0.773. The number of carbonyl (C=O) groups excluding carboxylic acids is 1. The molecule has 0 saturated carbocycles. The van der Waals surface area contributed by atoms with Crippen LogP contribution in [0.1, 0.15) is 12.0 Å². The van der Waals surface area contributed by atoms with Gasteiger partial charge >= 0.3 is 0 Å². The molecule has 0 unspecified atom stereocenters. The Bertz CT molecular complexity index is 940. The molecule has 5 rings (SSSR count). The van der Waals surface area contributed by atoms with Crippen LogP contribution in [0.25, 0.3) is 11.0 Å². The number of nitrogens with one attached hydrogen (secondary N) is 2. The molecular weight excluding hydrogens is 386 g/mol. The highest BCUT2D eigenvalue weighted by molar-refractivity contribution is 7.99. The van der Waals surface area contributed by atoms with Gasteiger partial charge in [0.2, 0.25) is 11.9 Å². The first-order chi connectivity index (χ1) is 14.2. The van der Waals surface area contributed by atoms with Crippen LogP contribution in [-0.2, 0) is 4.79 Å². The maximum atomic E-state index is 12.6. The van der Waals surface area contributed by atoms with Gasteiger partial charge in [0, 0.05) is 51.1 Å². The Morgan fingerprint density at radius 2 is 2.10 bits per heavy atom. The van der Waals surface area contributed by atoms with Crippen molar-refractivity contribution in [3.63, 3.8) is 0 Å². The lowest BCUT2D eigenvalue weighted by atomic mass is 10.1. The SMILES string of the molecule is N#Cc1ccc2nc(N3CCN([C@@H]4CN[C@H](C(=O)N5CCSC5)C4)CC3)[nH]c2c1. The molecule has 3 fully saturated rings. The normalized spacial score (nSPS) is 25.6. The Kier molecular flexibility index (Phi) is 5.08. The number of nitriles is 1. The molecule has 2 N–H and O–H groups in total. The summed E-state index contributed by atoms with van der Waals surface area (Å²) in [6, 6.07) is 8.12. The van der Waals surface area contributed by atoms with E-state index in [0.717, 1.165) is 74.3 Å². The number of hydrogen-bond donors (Lipinski definition) is 2. The van der Waals surface area contributed by atoms with E-state index in [1.54, 1.807) is 6.07 Å². The number of benzene rings is 1. The molecule has 152 valence electrons. The van der Waals surface area contributed by atoms with Crippen molar-refractivity contribution in [1.29, 1.82) is 5.26 Å². The number of aromatic nitrogens is 2. The average molecular weight is 412 g/mol. The van der Waals surface area contributed by atoms with Crippen LogP contribution in [0.2, 0.25) is 0 Å². The number of anilines is 1. The Balaban J connectivity index is 1.18. The van der Waals surface area contributed by atoms with Crippen molar-refractivity contribution < 1.29 is 4.79 Å². The predicted molar refractivity (Wildman–Crippen MR) is 114 cm³/mol. The monoisotopic (exact) mass is 411 g/mol. The van der Waals surface area contributed by atoms with Gasteiger partial charge in [-0.1, -0.05) is 0 Å². The van der Waals surface area contributed by atoms with Crippen LogP contribution in [0.3, 0.4) is 0 Å². The van der Waals surface area contributed by atoms with E-state index in [2.05, 4.69) is 26.2 Å². The topological polar surface area (TPSA) is 91.3 Å². The summed E-state index contributed by atoms with van der Waals surface area (Å²) in [5, 5.41) is 12.5. The first-order valence-corrected chi connectivity index (χ1v) is 11.4. The number of imidazole rings is 1. The van der Waals surface area contributed by atoms with Gasteiger partial charge in [0.25, 0.3) is 0 Å². The first kappa shape index (κ1) is 18.7. The highest BCUT2D eigenvalue weighted by Gasteiger charge is 2.36. The molecule has 0 radical (unpaired) electrons. The lowest BCUT2D eigenvalue weighted by Crippen LogP contribution is -2.51. The zero-order valence-corrected chi connectivity index (χ0v) is 17.1. The van der Waals surface area contributed by atoms with Crippen molar-refractivity contribution in [2.45, 2.75) is 18.5 Å². The molecule has 3 saturated heterocycles. The number of carbonyl (C=O) groups is 1. The standard InChI is InChI=1S/C20H25N7OS/c21-11-14-1-2-16-17(9-14)24-20(23-16)26-5-3-25(4-6-26)15-10-18(22-12-15)19(28)27-7-8-29-13-27/h1-2,9,15,18,22H,3-8,10,12-13H2,(H,23,24)/t15-,18-/m0/s1. The number of H-pyrrole nitrogens is 1. The molecule has 8 nitrogen and oxygen atoms in total. The van der Waals surface area contributed by atoms with Crippen molar-refractivity contribution >= 4 is 34.7 Å². The zero-order valence-electron chi connectivity index (χ0n) is 16.3. The van der Waals surface area contributed by atoms with Crippen LogP contribution in [-0.4, -0.2) is 88.7 Å². The zero-order chi connectivity index (χ0) is 19.8. The highest BCUT2D eigenvalue weighted by Crippen LogP contribution is 2.23. The summed E-state index contributed by atoms with van der Waals surface area (Å²) in [7, 11) is 0. The van der Waals surface area contributed by atoms with Crippen LogP contribution in [0.15, 0.2) is 18.2 Å². The van der Waals surface area contributed by atoms with E-state index < -0.39 is 0 Å². The predicted octanol–water partition coefficient (Wildman–Crippen LogP) is 0.820. The fourth-order valence-corrected chi connectivity index (χ4v) is 5.46. The number of amides is 1. The minimum atomic E-state index is -0.0265. The number of thioether (sulfide) groups is 1. The van der Waals surface area contributed by atoms with Crippen LogP contribution in [0.4, 0.5) is 5.95 Å². The van der Waals surface area contributed by atoms with E-state index in [1.807, 2.05) is 28.8 Å². The Hall–Kier alpha value is -2.28. The first-order valence-electron chi connectivity index (χ1n) is 10.2. The van der Waals surface area contributed by atoms with Crippen molar-refractivity contribution in [1.82, 2.24) is 25.1 Å². The minimum Gasteiger partial charge on any atom is -0.340 e. The summed E-state index contributed by atoms with van der Waals surface area (Å²) < 4.78 is 0. The van der Waals surface area contributed by atoms with Gasteiger partial charge in [-0.05, 0) is 24.6 Å². The average Bonchev–Trinajstić information content (AvgIpc) is 3.53. The molecule has 1 aromatic carbocycles. The molecule has 0 bridgehead atoms. The number of aromatic amines is 1. The summed E-state index contributed by atoms with van der Waals surface area (Å²) >= 11 is 1.84. The van der Waals surface area contributed by atoms with Gasteiger partial charge in [-0.2, -0.15) is 5.26 Å². The van der Waals surface area contributed by atoms with E-state index in [0.29, 0.717) is 11.6 Å². The maximum absolute atomic E-state index is 12.6. The van der Waals surface area contributed by atoms with Crippen molar-refractivity contribution in [2.24, 2.45) is 0 Å². The van der Waals surface area contributed by atoms with Crippen LogP contribution >= 0.6 is 11.8 Å². The van der Waals surface area contributed by atoms with Gasteiger partial charge in [0.05, 0.1) is 34.6 Å². The molecule has 2 atom stereocenters. The third kappa shape index (κ3) is 3.68.